The molecule has 7 aromatic carbocycles. The van der Waals surface area contributed by atoms with E-state index in [2.05, 4.69) is 130 Å². The summed E-state index contributed by atoms with van der Waals surface area (Å²) in [6.45, 7) is -0.00282. The maximum Gasteiger partial charge on any atom is 0.256 e. The Morgan fingerprint density at radius 2 is 1.02 bits per heavy atom. The van der Waals surface area contributed by atoms with Crippen molar-refractivity contribution in [2.45, 2.75) is 9.79 Å². The number of aromatic nitrogens is 4. The summed E-state index contributed by atoms with van der Waals surface area (Å²) in [7, 11) is 0. The topological polar surface area (TPSA) is 67.3 Å². The Labute approximate surface area is 345 Å². The second-order valence-electron chi connectivity index (χ2n) is 14.6. The monoisotopic (exact) mass is 774 g/mol. The zero-order chi connectivity index (χ0) is 38.9. The third-order valence-corrected chi connectivity index (χ3v) is 12.4. The molecule has 0 fully saturated rings. The second-order valence-corrected chi connectivity index (χ2v) is 15.7. The molecule has 9 heteroatoms. The first-order valence-electron chi connectivity index (χ1n) is 19.6. The molecule has 2 aromatic heterocycles. The van der Waals surface area contributed by atoms with E-state index in [4.69, 9.17) is 19.7 Å². The van der Waals surface area contributed by atoms with Crippen molar-refractivity contribution < 1.29 is 4.74 Å². The quantitative estimate of drug-likeness (QED) is 0.160. The first-order chi connectivity index (χ1) is 29.3. The fraction of sp³-hybridized carbons (Fsp3) is 0. The highest BCUT2D eigenvalue weighted by atomic mass is 32.2. The normalized spacial score (nSPS) is 13.1. The maximum absolute atomic E-state index is 6.94. The highest BCUT2D eigenvalue weighted by molar-refractivity contribution is 8.00. The number of benzene rings is 7. The number of pyridine rings is 1. The van der Waals surface area contributed by atoms with Gasteiger partial charge in [-0.1, -0.05) is 121 Å². The van der Waals surface area contributed by atoms with Gasteiger partial charge in [0.15, 0.2) is 17.5 Å². The van der Waals surface area contributed by atoms with Crippen LogP contribution < -0.4 is 30.9 Å². The molecule has 3 aliphatic heterocycles. The van der Waals surface area contributed by atoms with Gasteiger partial charge in [0.05, 0.1) is 22.0 Å². The van der Waals surface area contributed by atoms with Crippen LogP contribution in [0.25, 0.3) is 34.2 Å². The van der Waals surface area contributed by atoms with E-state index in [-0.39, 0.29) is 6.71 Å². The molecule has 0 saturated carbocycles. The second kappa shape index (κ2) is 13.6. The Morgan fingerprint density at radius 1 is 0.458 bits per heavy atom. The molecular weight excluding hydrogens is 743 g/mol. The van der Waals surface area contributed by atoms with Gasteiger partial charge in [0.25, 0.3) is 6.71 Å². The van der Waals surface area contributed by atoms with Crippen molar-refractivity contribution in [2.75, 3.05) is 9.80 Å². The lowest BCUT2D eigenvalue weighted by molar-refractivity contribution is 0.487. The lowest BCUT2D eigenvalue weighted by atomic mass is 9.34. The van der Waals surface area contributed by atoms with Gasteiger partial charge in [-0.05, 0) is 77.1 Å². The van der Waals surface area contributed by atoms with Gasteiger partial charge in [-0.15, -0.1) is 0 Å². The number of para-hydroxylation sites is 3. The highest BCUT2D eigenvalue weighted by Gasteiger charge is 2.45. The molecular formula is C50H31BN6OS. The Kier molecular flexibility index (Phi) is 7.74. The van der Waals surface area contributed by atoms with Gasteiger partial charge in [0, 0.05) is 57.1 Å². The maximum atomic E-state index is 6.94. The van der Waals surface area contributed by atoms with Crippen LogP contribution in [0.5, 0.6) is 11.5 Å². The summed E-state index contributed by atoms with van der Waals surface area (Å²) in [6.07, 6.45) is 3.73. The van der Waals surface area contributed by atoms with Crippen LogP contribution in [0.1, 0.15) is 0 Å². The molecule has 9 aromatic rings. The number of nitrogens with zero attached hydrogens (tertiary/aromatic N) is 6. The van der Waals surface area contributed by atoms with Gasteiger partial charge in [0.1, 0.15) is 11.5 Å². The van der Waals surface area contributed by atoms with Crippen LogP contribution in [-0.2, 0) is 0 Å². The van der Waals surface area contributed by atoms with E-state index in [0.29, 0.717) is 17.5 Å². The van der Waals surface area contributed by atoms with Gasteiger partial charge >= 0.3 is 0 Å². The molecule has 7 nitrogen and oxygen atoms in total. The van der Waals surface area contributed by atoms with E-state index in [1.807, 2.05) is 84.8 Å². The summed E-state index contributed by atoms with van der Waals surface area (Å²) in [5.74, 6) is 3.61. The van der Waals surface area contributed by atoms with Gasteiger partial charge in [-0.25, -0.2) is 15.0 Å². The molecule has 0 bridgehead atoms. The zero-order valence-electron chi connectivity index (χ0n) is 31.5. The van der Waals surface area contributed by atoms with Crippen LogP contribution in [0, 0.1) is 0 Å². The summed E-state index contributed by atoms with van der Waals surface area (Å²) in [5, 5.41) is 0. The minimum absolute atomic E-state index is 0.00282. The molecule has 0 unspecified atom stereocenters. The zero-order valence-corrected chi connectivity index (χ0v) is 32.3. The van der Waals surface area contributed by atoms with Crippen molar-refractivity contribution in [1.82, 2.24) is 19.9 Å². The Morgan fingerprint density at radius 3 is 1.71 bits per heavy atom. The lowest BCUT2D eigenvalue weighted by Crippen LogP contribution is -2.59. The molecule has 0 spiro atoms. The van der Waals surface area contributed by atoms with Crippen LogP contribution in [0.4, 0.5) is 34.1 Å². The van der Waals surface area contributed by atoms with Crippen LogP contribution in [-0.4, -0.2) is 26.6 Å². The molecule has 59 heavy (non-hydrogen) atoms. The minimum Gasteiger partial charge on any atom is -0.458 e. The van der Waals surface area contributed by atoms with Gasteiger partial charge < -0.3 is 14.5 Å². The fourth-order valence-corrected chi connectivity index (χ4v) is 9.83. The lowest BCUT2D eigenvalue weighted by Gasteiger charge is -2.43. The van der Waals surface area contributed by atoms with E-state index >= 15 is 0 Å². The summed E-state index contributed by atoms with van der Waals surface area (Å²) < 4.78 is 6.94. The van der Waals surface area contributed by atoms with Crippen LogP contribution in [0.3, 0.4) is 0 Å². The molecule has 5 heterocycles. The number of fused-ring (bicyclic) bond motifs is 7. The number of hydrogen-bond acceptors (Lipinski definition) is 8. The third-order valence-electron chi connectivity index (χ3n) is 11.3. The molecule has 0 saturated heterocycles. The van der Waals surface area contributed by atoms with Gasteiger partial charge in [-0.3, -0.25) is 4.98 Å². The number of ether oxygens (including phenoxy) is 1. The molecule has 276 valence electrons. The molecule has 0 amide bonds. The third kappa shape index (κ3) is 5.46. The molecule has 0 atom stereocenters. The summed E-state index contributed by atoms with van der Waals surface area (Å²) in [4.78, 5) is 26.4. The van der Waals surface area contributed by atoms with Gasteiger partial charge in [-0.2, -0.15) is 0 Å². The molecule has 0 radical (unpaired) electrons. The number of rotatable bonds is 5. The first-order valence-corrected chi connectivity index (χ1v) is 20.4. The van der Waals surface area contributed by atoms with Crippen molar-refractivity contribution in [2.24, 2.45) is 0 Å². The van der Waals surface area contributed by atoms with Crippen molar-refractivity contribution >= 4 is 69.0 Å². The Hall–Kier alpha value is -7.49. The van der Waals surface area contributed by atoms with Crippen molar-refractivity contribution in [3.63, 3.8) is 0 Å². The molecule has 12 rings (SSSR count). The Balaban J connectivity index is 1.05. The summed E-state index contributed by atoms with van der Waals surface area (Å²) in [5.41, 5.74) is 12.8. The van der Waals surface area contributed by atoms with Crippen LogP contribution in [0.2, 0.25) is 0 Å². The predicted molar refractivity (Wildman–Crippen MR) is 239 cm³/mol. The van der Waals surface area contributed by atoms with Crippen molar-refractivity contribution in [1.29, 1.82) is 0 Å². The van der Waals surface area contributed by atoms with E-state index in [0.717, 1.165) is 67.2 Å². The molecule has 0 N–H and O–H groups in total. The van der Waals surface area contributed by atoms with Crippen LogP contribution in [0.15, 0.2) is 198 Å². The van der Waals surface area contributed by atoms with Crippen molar-refractivity contribution in [3.05, 3.63) is 188 Å². The van der Waals surface area contributed by atoms with E-state index in [1.54, 1.807) is 0 Å². The highest BCUT2D eigenvalue weighted by Crippen LogP contribution is 2.58. The molecule has 3 aliphatic rings. The SMILES string of the molecule is c1ccc(-c2nc(-c3ccccc3)nc(-c3ccc(N4c5ccccc5Sc5c4cc4c6c5N(c5ccncc5)c5ccccc5B6c5ccccc5O4)cc3)n2)cc1. The number of hydrogen-bond donors (Lipinski definition) is 0. The van der Waals surface area contributed by atoms with Gasteiger partial charge in [0.2, 0.25) is 0 Å². The minimum atomic E-state index is -0.00282. The Bertz CT molecular complexity index is 3020. The van der Waals surface area contributed by atoms with E-state index in [9.17, 15) is 0 Å². The first kappa shape index (κ1) is 33.6. The number of anilines is 6. The average molecular weight is 775 g/mol. The smallest absolute Gasteiger partial charge is 0.256 e. The summed E-state index contributed by atoms with van der Waals surface area (Å²) >= 11 is 1.81. The van der Waals surface area contributed by atoms with E-state index < -0.39 is 0 Å². The van der Waals surface area contributed by atoms with E-state index in [1.165, 1.54) is 21.3 Å². The summed E-state index contributed by atoms with van der Waals surface area (Å²) in [6, 6.07) is 61.0. The largest absolute Gasteiger partial charge is 0.458 e. The predicted octanol–water partition coefficient (Wildman–Crippen LogP) is 10.6. The fourth-order valence-electron chi connectivity index (χ4n) is 8.65. The molecule has 0 aliphatic carbocycles. The van der Waals surface area contributed by atoms with Crippen molar-refractivity contribution in [3.8, 4) is 45.7 Å². The van der Waals surface area contributed by atoms with Crippen LogP contribution >= 0.6 is 11.8 Å². The standard InChI is InChI=1S/C50H31BN6OS/c1-3-13-32(14-4-1)48-53-49(33-15-5-2-6-16-33)55-50(54-48)34-23-25-35(26-24-34)56-40-20-10-12-22-44(40)59-47-41(56)31-43-45-46(47)57(36-27-29-52-30-28-36)39-19-9-7-17-37(39)51(45)38-18-8-11-21-42(38)58-43/h1-31H. The average Bonchev–Trinajstić information content (AvgIpc) is 3.31.